The fourth-order valence-corrected chi connectivity index (χ4v) is 2.60. The number of urea groups is 1. The van der Waals surface area contributed by atoms with Gasteiger partial charge in [0.25, 0.3) is 0 Å². The fourth-order valence-electron chi connectivity index (χ4n) is 1.11. The number of thiophene rings is 1. The van der Waals surface area contributed by atoms with E-state index >= 15 is 0 Å². The van der Waals surface area contributed by atoms with Crippen LogP contribution in [-0.4, -0.2) is 11.9 Å². The minimum atomic E-state index is -0.368. The van der Waals surface area contributed by atoms with E-state index in [9.17, 15) is 4.79 Å². The molecule has 0 fully saturated rings. The molecule has 1 aliphatic heterocycles. The Balaban J connectivity index is 2.29. The first-order valence-electron chi connectivity index (χ1n) is 3.56. The molecule has 4 nitrogen and oxygen atoms in total. The average molecular weight is 260 g/mol. The Morgan fingerprint density at radius 1 is 1.62 bits per heavy atom. The summed E-state index contributed by atoms with van der Waals surface area (Å²) in [7, 11) is 0. The van der Waals surface area contributed by atoms with Crippen molar-refractivity contribution in [3.8, 4) is 0 Å². The van der Waals surface area contributed by atoms with Crippen LogP contribution in [0.2, 0.25) is 0 Å². The molecule has 2 rings (SSSR count). The maximum absolute atomic E-state index is 10.9. The molecule has 13 heavy (non-hydrogen) atoms. The van der Waals surface area contributed by atoms with Gasteiger partial charge in [0.1, 0.15) is 11.9 Å². The fraction of sp³-hybridized carbons (Fsp3) is 0.143. The minimum Gasteiger partial charge on any atom is -0.385 e. The number of amidine groups is 1. The first-order valence-corrected chi connectivity index (χ1v) is 5.17. The van der Waals surface area contributed by atoms with Crippen molar-refractivity contribution in [2.75, 3.05) is 0 Å². The number of hydrogen-bond acceptors (Lipinski definition) is 3. The van der Waals surface area contributed by atoms with Crippen molar-refractivity contribution >= 4 is 39.1 Å². The Morgan fingerprint density at radius 2 is 2.38 bits per heavy atom. The van der Waals surface area contributed by atoms with Gasteiger partial charge in [-0.15, -0.1) is 11.3 Å². The lowest BCUT2D eigenvalue weighted by molar-refractivity contribution is 0.250. The van der Waals surface area contributed by atoms with Crippen molar-refractivity contribution < 1.29 is 4.79 Å². The van der Waals surface area contributed by atoms with Crippen molar-refractivity contribution in [3.63, 3.8) is 0 Å². The molecule has 1 unspecified atom stereocenters. The van der Waals surface area contributed by atoms with E-state index in [1.54, 1.807) is 0 Å². The van der Waals surface area contributed by atoms with Crippen LogP contribution in [0.5, 0.6) is 0 Å². The zero-order chi connectivity index (χ0) is 9.42. The molecule has 1 aromatic rings. The Hall–Kier alpha value is -0.880. The molecule has 68 valence electrons. The lowest BCUT2D eigenvalue weighted by Crippen LogP contribution is -2.26. The van der Waals surface area contributed by atoms with Crippen LogP contribution in [-0.2, 0) is 0 Å². The molecular formula is C7H6BrN3OS. The van der Waals surface area contributed by atoms with Crippen molar-refractivity contribution in [1.29, 1.82) is 0 Å². The normalized spacial score (nSPS) is 21.5. The first kappa shape index (κ1) is 8.71. The highest BCUT2D eigenvalue weighted by Crippen LogP contribution is 2.28. The van der Waals surface area contributed by atoms with Crippen LogP contribution in [0.15, 0.2) is 20.9 Å². The number of carbonyl (C=O) groups excluding carboxylic acids is 1. The second-order valence-electron chi connectivity index (χ2n) is 2.56. The summed E-state index contributed by atoms with van der Waals surface area (Å²) in [6.45, 7) is 0. The molecule has 0 saturated heterocycles. The van der Waals surface area contributed by atoms with E-state index in [0.717, 1.165) is 8.66 Å². The Bertz CT molecular complexity index is 387. The number of nitrogens with one attached hydrogen (secondary N) is 1. The van der Waals surface area contributed by atoms with Crippen LogP contribution in [0, 0.1) is 0 Å². The SMILES string of the molecule is NC1=NC(=O)NC1c1ccc(Br)s1. The number of carbonyl (C=O) groups is 1. The summed E-state index contributed by atoms with van der Waals surface area (Å²) >= 11 is 4.87. The van der Waals surface area contributed by atoms with Crippen molar-refractivity contribution in [3.05, 3.63) is 20.8 Å². The number of nitrogens with zero attached hydrogens (tertiary/aromatic N) is 1. The molecule has 6 heteroatoms. The zero-order valence-corrected chi connectivity index (χ0v) is 8.85. The van der Waals surface area contributed by atoms with Gasteiger partial charge >= 0.3 is 6.03 Å². The maximum atomic E-state index is 10.9. The molecule has 1 atom stereocenters. The number of aliphatic imine (C=N–C) groups is 1. The van der Waals surface area contributed by atoms with Gasteiger partial charge < -0.3 is 11.1 Å². The lowest BCUT2D eigenvalue weighted by Gasteiger charge is -2.06. The van der Waals surface area contributed by atoms with Crippen LogP contribution in [0.4, 0.5) is 4.79 Å². The van der Waals surface area contributed by atoms with E-state index in [1.165, 1.54) is 11.3 Å². The number of rotatable bonds is 1. The van der Waals surface area contributed by atoms with E-state index < -0.39 is 0 Å². The van der Waals surface area contributed by atoms with E-state index in [4.69, 9.17) is 5.73 Å². The van der Waals surface area contributed by atoms with Crippen LogP contribution < -0.4 is 11.1 Å². The lowest BCUT2D eigenvalue weighted by atomic mass is 10.2. The highest BCUT2D eigenvalue weighted by molar-refractivity contribution is 9.11. The first-order chi connectivity index (χ1) is 6.16. The van der Waals surface area contributed by atoms with Gasteiger partial charge in [-0.05, 0) is 28.1 Å². The molecule has 1 aliphatic rings. The molecular weight excluding hydrogens is 254 g/mol. The van der Waals surface area contributed by atoms with Crippen molar-refractivity contribution in [2.45, 2.75) is 6.04 Å². The van der Waals surface area contributed by atoms with Crippen LogP contribution in [0.1, 0.15) is 10.9 Å². The summed E-state index contributed by atoms with van der Waals surface area (Å²) < 4.78 is 1.01. The highest BCUT2D eigenvalue weighted by Gasteiger charge is 2.25. The second kappa shape index (κ2) is 3.12. The molecule has 2 heterocycles. The molecule has 1 aromatic heterocycles. The summed E-state index contributed by atoms with van der Waals surface area (Å²) in [5.41, 5.74) is 5.57. The maximum Gasteiger partial charge on any atom is 0.343 e. The largest absolute Gasteiger partial charge is 0.385 e. The summed E-state index contributed by atoms with van der Waals surface area (Å²) in [6.07, 6.45) is 0. The number of amides is 2. The summed E-state index contributed by atoms with van der Waals surface area (Å²) in [6, 6.07) is 3.21. The third-order valence-corrected chi connectivity index (χ3v) is 3.36. The number of hydrogen-bond donors (Lipinski definition) is 2. The molecule has 0 bridgehead atoms. The van der Waals surface area contributed by atoms with E-state index in [0.29, 0.717) is 5.84 Å². The van der Waals surface area contributed by atoms with Gasteiger partial charge in [-0.1, -0.05) is 0 Å². The number of halogens is 1. The Kier molecular flexibility index (Phi) is 2.09. The van der Waals surface area contributed by atoms with E-state index in [1.807, 2.05) is 12.1 Å². The molecule has 0 saturated carbocycles. The average Bonchev–Trinajstić information content (AvgIpc) is 2.58. The van der Waals surface area contributed by atoms with Crippen LogP contribution >= 0.6 is 27.3 Å². The van der Waals surface area contributed by atoms with Crippen LogP contribution in [0.25, 0.3) is 0 Å². The third-order valence-electron chi connectivity index (χ3n) is 1.67. The van der Waals surface area contributed by atoms with Gasteiger partial charge in [-0.25, -0.2) is 4.79 Å². The predicted octanol–water partition coefficient (Wildman–Crippen LogP) is 1.63. The van der Waals surface area contributed by atoms with Crippen molar-refractivity contribution in [1.82, 2.24) is 5.32 Å². The standard InChI is InChI=1S/C7H6BrN3OS/c8-4-2-1-3(13-4)5-6(9)11-7(12)10-5/h1-2,5H,(H3,9,10,11,12). The Morgan fingerprint density at radius 3 is 2.85 bits per heavy atom. The Labute approximate surface area is 87.0 Å². The topological polar surface area (TPSA) is 67.5 Å². The van der Waals surface area contributed by atoms with Crippen LogP contribution in [0.3, 0.4) is 0 Å². The molecule has 0 aliphatic carbocycles. The summed E-state index contributed by atoms with van der Waals surface area (Å²) in [5.74, 6) is 0.333. The summed E-state index contributed by atoms with van der Waals surface area (Å²) in [4.78, 5) is 15.4. The molecule has 0 aromatic carbocycles. The smallest absolute Gasteiger partial charge is 0.343 e. The monoisotopic (exact) mass is 259 g/mol. The minimum absolute atomic E-state index is 0.246. The predicted molar refractivity (Wildman–Crippen MR) is 54.9 cm³/mol. The van der Waals surface area contributed by atoms with E-state index in [-0.39, 0.29) is 12.1 Å². The molecule has 2 amide bonds. The highest BCUT2D eigenvalue weighted by atomic mass is 79.9. The number of nitrogens with two attached hydrogens (primary N) is 1. The van der Waals surface area contributed by atoms with Gasteiger partial charge in [0, 0.05) is 4.88 Å². The zero-order valence-electron chi connectivity index (χ0n) is 6.45. The molecule has 0 radical (unpaired) electrons. The van der Waals surface area contributed by atoms with Crippen molar-refractivity contribution in [2.24, 2.45) is 10.7 Å². The quantitative estimate of drug-likeness (QED) is 0.805. The molecule has 3 N–H and O–H groups in total. The summed E-state index contributed by atoms with van der Waals surface area (Å²) in [5, 5.41) is 2.66. The second-order valence-corrected chi connectivity index (χ2v) is 5.06. The van der Waals surface area contributed by atoms with Gasteiger partial charge in [-0.3, -0.25) is 0 Å². The van der Waals surface area contributed by atoms with Gasteiger partial charge in [-0.2, -0.15) is 4.99 Å². The van der Waals surface area contributed by atoms with Gasteiger partial charge in [0.05, 0.1) is 3.79 Å². The van der Waals surface area contributed by atoms with Gasteiger partial charge in [0.15, 0.2) is 0 Å². The third kappa shape index (κ3) is 1.59. The molecule has 0 spiro atoms. The van der Waals surface area contributed by atoms with E-state index in [2.05, 4.69) is 26.2 Å². The van der Waals surface area contributed by atoms with Gasteiger partial charge in [0.2, 0.25) is 0 Å².